The third kappa shape index (κ3) is 2.97. The number of aliphatic carboxylic acids is 1. The van der Waals surface area contributed by atoms with Crippen molar-refractivity contribution in [1.29, 1.82) is 0 Å². The standard InChI is InChI=1S/C15H28N2O3/c1-6-15(8-7-9-16-10-15)11(18)17-14(4,5)13(2,3)12(19)20/h16H,6-10H2,1-5H3,(H,17,18)(H,19,20). The topological polar surface area (TPSA) is 78.4 Å². The molecule has 1 aliphatic heterocycles. The van der Waals surface area contributed by atoms with Crippen molar-refractivity contribution in [1.82, 2.24) is 10.6 Å². The summed E-state index contributed by atoms with van der Waals surface area (Å²) in [5, 5.41) is 15.6. The van der Waals surface area contributed by atoms with Gasteiger partial charge in [0.25, 0.3) is 0 Å². The van der Waals surface area contributed by atoms with E-state index in [1.165, 1.54) is 0 Å². The van der Waals surface area contributed by atoms with Crippen LogP contribution in [-0.2, 0) is 9.59 Å². The van der Waals surface area contributed by atoms with Gasteiger partial charge in [0.2, 0.25) is 5.91 Å². The molecule has 1 unspecified atom stereocenters. The summed E-state index contributed by atoms with van der Waals surface area (Å²) in [6.45, 7) is 10.5. The molecule has 1 rings (SSSR count). The zero-order valence-corrected chi connectivity index (χ0v) is 13.3. The number of carboxylic acid groups (broad SMARTS) is 1. The van der Waals surface area contributed by atoms with Gasteiger partial charge >= 0.3 is 5.97 Å². The molecule has 1 atom stereocenters. The average molecular weight is 284 g/mol. The second-order valence-corrected chi connectivity index (χ2v) is 6.92. The summed E-state index contributed by atoms with van der Waals surface area (Å²) in [7, 11) is 0. The number of hydrogen-bond acceptors (Lipinski definition) is 3. The first kappa shape index (κ1) is 17.0. The van der Waals surface area contributed by atoms with Crippen molar-refractivity contribution < 1.29 is 14.7 Å². The minimum atomic E-state index is -1.03. The Kier molecular flexibility index (Phi) is 4.85. The largest absolute Gasteiger partial charge is 0.481 e. The first-order chi connectivity index (χ1) is 9.09. The molecule has 5 heteroatoms. The Balaban J connectivity index is 2.90. The maximum absolute atomic E-state index is 12.7. The maximum atomic E-state index is 12.7. The van der Waals surface area contributed by atoms with Crippen LogP contribution in [-0.4, -0.2) is 35.6 Å². The molecular formula is C15H28N2O3. The van der Waals surface area contributed by atoms with Gasteiger partial charge in [-0.2, -0.15) is 0 Å². The molecule has 0 aromatic carbocycles. The SMILES string of the molecule is CCC1(C(=O)NC(C)(C)C(C)(C)C(=O)O)CCCNC1. The first-order valence-electron chi connectivity index (χ1n) is 7.36. The van der Waals surface area contributed by atoms with Crippen molar-refractivity contribution in [2.45, 2.75) is 59.4 Å². The highest BCUT2D eigenvalue weighted by Crippen LogP contribution is 2.35. The van der Waals surface area contributed by atoms with E-state index < -0.39 is 22.3 Å². The van der Waals surface area contributed by atoms with Crippen LogP contribution < -0.4 is 10.6 Å². The third-order valence-corrected chi connectivity index (χ3v) is 5.15. The van der Waals surface area contributed by atoms with Crippen LogP contribution >= 0.6 is 0 Å². The van der Waals surface area contributed by atoms with Crippen molar-refractivity contribution >= 4 is 11.9 Å². The number of hydrogen-bond donors (Lipinski definition) is 3. The summed E-state index contributed by atoms with van der Waals surface area (Å²) in [5.74, 6) is -0.943. The van der Waals surface area contributed by atoms with Gasteiger partial charge in [-0.15, -0.1) is 0 Å². The molecule has 0 aliphatic carbocycles. The number of carbonyl (C=O) groups excluding carboxylic acids is 1. The molecule has 0 saturated carbocycles. The van der Waals surface area contributed by atoms with Crippen LogP contribution in [0.4, 0.5) is 0 Å². The Bertz CT molecular complexity index is 383. The summed E-state index contributed by atoms with van der Waals surface area (Å²) < 4.78 is 0. The summed E-state index contributed by atoms with van der Waals surface area (Å²) in [5.41, 5.74) is -2.25. The minimum absolute atomic E-state index is 0.0356. The number of amides is 1. The third-order valence-electron chi connectivity index (χ3n) is 5.15. The van der Waals surface area contributed by atoms with E-state index >= 15 is 0 Å². The number of rotatable bonds is 5. The highest BCUT2D eigenvalue weighted by Gasteiger charge is 2.47. The van der Waals surface area contributed by atoms with E-state index in [0.29, 0.717) is 6.54 Å². The molecule has 0 spiro atoms. The van der Waals surface area contributed by atoms with Crippen LogP contribution in [0.1, 0.15) is 53.9 Å². The fraction of sp³-hybridized carbons (Fsp3) is 0.867. The van der Waals surface area contributed by atoms with E-state index in [2.05, 4.69) is 10.6 Å². The van der Waals surface area contributed by atoms with Gasteiger partial charge in [0, 0.05) is 12.1 Å². The van der Waals surface area contributed by atoms with E-state index in [0.717, 1.165) is 25.8 Å². The van der Waals surface area contributed by atoms with Crippen LogP contribution in [0.15, 0.2) is 0 Å². The fourth-order valence-electron chi connectivity index (χ4n) is 2.46. The molecule has 5 nitrogen and oxygen atoms in total. The van der Waals surface area contributed by atoms with Gasteiger partial charge in [0.05, 0.1) is 10.8 Å². The summed E-state index contributed by atoms with van der Waals surface area (Å²) in [6.07, 6.45) is 2.59. The Hall–Kier alpha value is -1.10. The number of nitrogens with one attached hydrogen (secondary N) is 2. The number of carbonyl (C=O) groups is 2. The molecule has 116 valence electrons. The Morgan fingerprint density at radius 1 is 1.30 bits per heavy atom. The molecule has 1 heterocycles. The minimum Gasteiger partial charge on any atom is -0.481 e. The van der Waals surface area contributed by atoms with Gasteiger partial charge in [-0.05, 0) is 53.5 Å². The van der Waals surface area contributed by atoms with Crippen LogP contribution in [0.25, 0.3) is 0 Å². The first-order valence-corrected chi connectivity index (χ1v) is 7.36. The Labute approximate surface area is 121 Å². The lowest BCUT2D eigenvalue weighted by Gasteiger charge is -2.43. The molecule has 0 bridgehead atoms. The lowest BCUT2D eigenvalue weighted by Crippen LogP contribution is -2.61. The van der Waals surface area contributed by atoms with E-state index in [1.54, 1.807) is 27.7 Å². The van der Waals surface area contributed by atoms with Crippen LogP contribution in [0.5, 0.6) is 0 Å². The second-order valence-electron chi connectivity index (χ2n) is 6.92. The fourth-order valence-corrected chi connectivity index (χ4v) is 2.46. The number of piperidine rings is 1. The number of carboxylic acids is 1. The lowest BCUT2D eigenvalue weighted by atomic mass is 9.72. The van der Waals surface area contributed by atoms with Crippen molar-refractivity contribution in [3.05, 3.63) is 0 Å². The van der Waals surface area contributed by atoms with Gasteiger partial charge in [-0.3, -0.25) is 9.59 Å². The monoisotopic (exact) mass is 284 g/mol. The Morgan fingerprint density at radius 3 is 2.30 bits per heavy atom. The van der Waals surface area contributed by atoms with E-state index in [1.807, 2.05) is 6.92 Å². The highest BCUT2D eigenvalue weighted by atomic mass is 16.4. The van der Waals surface area contributed by atoms with E-state index in [-0.39, 0.29) is 5.91 Å². The van der Waals surface area contributed by atoms with Gasteiger partial charge in [0.15, 0.2) is 0 Å². The lowest BCUT2D eigenvalue weighted by molar-refractivity contribution is -0.152. The molecule has 1 fully saturated rings. The molecule has 1 saturated heterocycles. The molecule has 1 amide bonds. The van der Waals surface area contributed by atoms with E-state index in [9.17, 15) is 14.7 Å². The molecule has 0 aromatic rings. The van der Waals surface area contributed by atoms with Crippen LogP contribution in [0.3, 0.4) is 0 Å². The summed E-state index contributed by atoms with van der Waals surface area (Å²) >= 11 is 0. The Morgan fingerprint density at radius 2 is 1.90 bits per heavy atom. The predicted molar refractivity (Wildman–Crippen MR) is 78.5 cm³/mol. The van der Waals surface area contributed by atoms with Crippen LogP contribution in [0.2, 0.25) is 0 Å². The van der Waals surface area contributed by atoms with Gasteiger partial charge in [-0.1, -0.05) is 6.92 Å². The van der Waals surface area contributed by atoms with Gasteiger partial charge in [0.1, 0.15) is 0 Å². The quantitative estimate of drug-likeness (QED) is 0.719. The zero-order chi connectivity index (χ0) is 15.6. The van der Waals surface area contributed by atoms with Crippen molar-refractivity contribution in [3.8, 4) is 0 Å². The maximum Gasteiger partial charge on any atom is 0.311 e. The average Bonchev–Trinajstić information content (AvgIpc) is 2.38. The molecule has 0 aromatic heterocycles. The molecule has 0 radical (unpaired) electrons. The van der Waals surface area contributed by atoms with Gasteiger partial charge < -0.3 is 15.7 Å². The molecule has 20 heavy (non-hydrogen) atoms. The van der Waals surface area contributed by atoms with E-state index in [4.69, 9.17) is 0 Å². The molecule has 3 N–H and O–H groups in total. The predicted octanol–water partition coefficient (Wildman–Crippen LogP) is 1.77. The molecule has 1 aliphatic rings. The summed E-state index contributed by atoms with van der Waals surface area (Å²) in [4.78, 5) is 24.1. The van der Waals surface area contributed by atoms with Crippen molar-refractivity contribution in [2.24, 2.45) is 10.8 Å². The normalized spacial score (nSPS) is 24.2. The van der Waals surface area contributed by atoms with Crippen molar-refractivity contribution in [3.63, 3.8) is 0 Å². The van der Waals surface area contributed by atoms with Crippen LogP contribution in [0, 0.1) is 10.8 Å². The molecular weight excluding hydrogens is 256 g/mol. The summed E-state index contributed by atoms with van der Waals surface area (Å²) in [6, 6.07) is 0. The van der Waals surface area contributed by atoms with Gasteiger partial charge in [-0.25, -0.2) is 0 Å². The van der Waals surface area contributed by atoms with Crippen molar-refractivity contribution in [2.75, 3.05) is 13.1 Å². The second kappa shape index (κ2) is 5.72. The smallest absolute Gasteiger partial charge is 0.311 e. The highest BCUT2D eigenvalue weighted by molar-refractivity contribution is 5.85. The zero-order valence-electron chi connectivity index (χ0n) is 13.3.